The summed E-state index contributed by atoms with van der Waals surface area (Å²) in [6.07, 6.45) is 0. The normalized spacial score (nSPS) is 13.9. The summed E-state index contributed by atoms with van der Waals surface area (Å²) in [7, 11) is 4.01. The van der Waals surface area contributed by atoms with Gasteiger partial charge in [0.05, 0.1) is 17.0 Å². The molecule has 4 N–H and O–H groups in total. The predicted molar refractivity (Wildman–Crippen MR) is 132 cm³/mol. The zero-order chi connectivity index (χ0) is 24.2. The van der Waals surface area contributed by atoms with Crippen molar-refractivity contribution in [3.8, 4) is 0 Å². The van der Waals surface area contributed by atoms with Gasteiger partial charge in [-0.05, 0) is 67.7 Å². The molecule has 0 aliphatic carbocycles. The number of halogens is 1. The van der Waals surface area contributed by atoms with E-state index < -0.39 is 11.8 Å². The molecule has 0 fully saturated rings. The van der Waals surface area contributed by atoms with E-state index in [-0.39, 0.29) is 12.5 Å². The van der Waals surface area contributed by atoms with Gasteiger partial charge in [0.25, 0.3) is 5.91 Å². The Balaban J connectivity index is 1.74. The number of fused-ring (bicyclic) bond motifs is 1. The van der Waals surface area contributed by atoms with E-state index >= 15 is 0 Å². The summed E-state index contributed by atoms with van der Waals surface area (Å²) in [5.41, 5.74) is 5.29. The molecule has 3 aromatic carbocycles. The molecule has 1 aliphatic heterocycles. The van der Waals surface area contributed by atoms with E-state index in [1.165, 1.54) is 12.1 Å². The van der Waals surface area contributed by atoms with Gasteiger partial charge in [-0.3, -0.25) is 9.59 Å². The van der Waals surface area contributed by atoms with Crippen LogP contribution in [0.2, 0.25) is 0 Å². The molecule has 1 amide bonds. The Morgan fingerprint density at radius 3 is 2.32 bits per heavy atom. The molecule has 3 aromatic rings. The summed E-state index contributed by atoms with van der Waals surface area (Å²) in [5, 5.41) is 17.8. The highest BCUT2D eigenvalue weighted by Gasteiger charge is 2.28. The van der Waals surface area contributed by atoms with Crippen molar-refractivity contribution < 1.29 is 19.1 Å². The Kier molecular flexibility index (Phi) is 6.60. The molecule has 4 rings (SSSR count). The number of benzene rings is 3. The highest BCUT2D eigenvalue weighted by Crippen LogP contribution is 2.38. The number of aliphatic carboxylic acids is 1. The fraction of sp³-hybridized carbons (Fsp3) is 0.154. The maximum Gasteiger partial charge on any atom is 0.322 e. The van der Waals surface area contributed by atoms with Gasteiger partial charge in [0, 0.05) is 23.5 Å². The molecule has 0 saturated carbocycles. The number of hydrogen-bond donors (Lipinski definition) is 4. The number of rotatable bonds is 8. The Hall–Kier alpha value is -4.17. The van der Waals surface area contributed by atoms with Crippen LogP contribution in [0.4, 0.5) is 21.5 Å². The molecule has 174 valence electrons. The lowest BCUT2D eigenvalue weighted by molar-refractivity contribution is -0.134. The van der Waals surface area contributed by atoms with Gasteiger partial charge in [-0.2, -0.15) is 0 Å². The predicted octanol–water partition coefficient (Wildman–Crippen LogP) is 4.32. The SMILES string of the molecule is CN(C)Cc1ccc(NC(=C2C(=O)Nc3cc(F)ccc32)c2ccc(NCC(=O)O)cc2)cc1. The molecule has 0 aromatic heterocycles. The van der Waals surface area contributed by atoms with Crippen LogP contribution in [0, 0.1) is 5.82 Å². The number of carbonyl (C=O) groups is 2. The second kappa shape index (κ2) is 9.76. The van der Waals surface area contributed by atoms with Crippen molar-refractivity contribution in [2.45, 2.75) is 6.54 Å². The molecule has 34 heavy (non-hydrogen) atoms. The van der Waals surface area contributed by atoms with Crippen LogP contribution in [-0.2, 0) is 16.1 Å². The fourth-order valence-corrected chi connectivity index (χ4v) is 3.81. The van der Waals surface area contributed by atoms with Gasteiger partial charge in [-0.25, -0.2) is 4.39 Å². The number of carboxylic acids is 1. The number of carboxylic acid groups (broad SMARTS) is 1. The van der Waals surface area contributed by atoms with Crippen molar-refractivity contribution >= 4 is 40.2 Å². The number of carbonyl (C=O) groups excluding carboxylic acids is 1. The minimum Gasteiger partial charge on any atom is -0.480 e. The third-order valence-electron chi connectivity index (χ3n) is 5.32. The lowest BCUT2D eigenvalue weighted by Gasteiger charge is -2.16. The molecule has 0 unspecified atom stereocenters. The van der Waals surface area contributed by atoms with Crippen molar-refractivity contribution in [2.75, 3.05) is 36.6 Å². The van der Waals surface area contributed by atoms with E-state index in [1.54, 1.807) is 30.3 Å². The van der Waals surface area contributed by atoms with Crippen LogP contribution in [0.15, 0.2) is 66.7 Å². The molecular formula is C26H25FN4O3. The molecule has 1 aliphatic rings. The first kappa shape index (κ1) is 23.0. The van der Waals surface area contributed by atoms with Crippen LogP contribution in [0.1, 0.15) is 16.7 Å². The van der Waals surface area contributed by atoms with Crippen LogP contribution in [0.3, 0.4) is 0 Å². The zero-order valence-corrected chi connectivity index (χ0v) is 18.9. The zero-order valence-electron chi connectivity index (χ0n) is 18.9. The Labute approximate surface area is 196 Å². The number of amides is 1. The van der Waals surface area contributed by atoms with E-state index in [4.69, 9.17) is 5.11 Å². The summed E-state index contributed by atoms with van der Waals surface area (Å²) < 4.78 is 13.8. The third-order valence-corrected chi connectivity index (χ3v) is 5.32. The smallest absolute Gasteiger partial charge is 0.322 e. The summed E-state index contributed by atoms with van der Waals surface area (Å²) in [6.45, 7) is 0.604. The minimum absolute atomic E-state index is 0.202. The van der Waals surface area contributed by atoms with Crippen molar-refractivity contribution in [1.29, 1.82) is 0 Å². The first-order valence-electron chi connectivity index (χ1n) is 10.7. The Morgan fingerprint density at radius 2 is 1.68 bits per heavy atom. The molecule has 0 spiro atoms. The molecule has 0 atom stereocenters. The van der Waals surface area contributed by atoms with Gasteiger partial charge in [0.1, 0.15) is 12.4 Å². The third kappa shape index (κ3) is 5.24. The summed E-state index contributed by atoms with van der Waals surface area (Å²) in [6, 6.07) is 19.2. The number of nitrogens with zero attached hydrogens (tertiary/aromatic N) is 1. The fourth-order valence-electron chi connectivity index (χ4n) is 3.81. The average molecular weight is 461 g/mol. The van der Waals surface area contributed by atoms with E-state index in [0.29, 0.717) is 28.2 Å². The van der Waals surface area contributed by atoms with Crippen molar-refractivity contribution in [3.05, 3.63) is 89.2 Å². The lowest BCUT2D eigenvalue weighted by atomic mass is 9.99. The lowest BCUT2D eigenvalue weighted by Crippen LogP contribution is -2.12. The van der Waals surface area contributed by atoms with E-state index in [9.17, 15) is 14.0 Å². The number of anilines is 3. The molecule has 7 nitrogen and oxygen atoms in total. The van der Waals surface area contributed by atoms with Gasteiger partial charge < -0.3 is 26.0 Å². The highest BCUT2D eigenvalue weighted by molar-refractivity contribution is 6.37. The Bertz CT molecular complexity index is 1250. The molecular weight excluding hydrogens is 435 g/mol. The molecule has 8 heteroatoms. The van der Waals surface area contributed by atoms with Gasteiger partial charge in [0.2, 0.25) is 0 Å². The highest BCUT2D eigenvalue weighted by atomic mass is 19.1. The summed E-state index contributed by atoms with van der Waals surface area (Å²) in [5.74, 6) is -1.72. The van der Waals surface area contributed by atoms with E-state index in [1.807, 2.05) is 38.4 Å². The molecule has 0 saturated heterocycles. The van der Waals surface area contributed by atoms with Crippen molar-refractivity contribution in [1.82, 2.24) is 4.90 Å². The van der Waals surface area contributed by atoms with Crippen LogP contribution in [0.5, 0.6) is 0 Å². The van der Waals surface area contributed by atoms with Crippen LogP contribution in [0.25, 0.3) is 11.3 Å². The molecule has 1 heterocycles. The monoisotopic (exact) mass is 460 g/mol. The maximum absolute atomic E-state index is 13.8. The quantitative estimate of drug-likeness (QED) is 0.374. The topological polar surface area (TPSA) is 93.7 Å². The molecule has 0 bridgehead atoms. The average Bonchev–Trinajstić information content (AvgIpc) is 3.11. The molecule has 0 radical (unpaired) electrons. The maximum atomic E-state index is 13.8. The first-order valence-corrected chi connectivity index (χ1v) is 10.7. The van der Waals surface area contributed by atoms with Crippen molar-refractivity contribution in [3.63, 3.8) is 0 Å². The summed E-state index contributed by atoms with van der Waals surface area (Å²) in [4.78, 5) is 25.9. The van der Waals surface area contributed by atoms with Gasteiger partial charge in [0.15, 0.2) is 0 Å². The number of nitrogens with one attached hydrogen (secondary N) is 3. The minimum atomic E-state index is -0.960. The van der Waals surface area contributed by atoms with Gasteiger partial charge in [-0.1, -0.05) is 24.3 Å². The van der Waals surface area contributed by atoms with Crippen LogP contribution < -0.4 is 16.0 Å². The Morgan fingerprint density at radius 1 is 1.00 bits per heavy atom. The van der Waals surface area contributed by atoms with Crippen LogP contribution in [-0.4, -0.2) is 42.5 Å². The van der Waals surface area contributed by atoms with E-state index in [2.05, 4.69) is 20.9 Å². The second-order valence-electron chi connectivity index (χ2n) is 8.28. The van der Waals surface area contributed by atoms with Gasteiger partial charge >= 0.3 is 5.97 Å². The second-order valence-corrected chi connectivity index (χ2v) is 8.28. The summed E-state index contributed by atoms with van der Waals surface area (Å²) >= 11 is 0. The number of hydrogen-bond acceptors (Lipinski definition) is 5. The van der Waals surface area contributed by atoms with E-state index in [0.717, 1.165) is 23.4 Å². The van der Waals surface area contributed by atoms with Gasteiger partial charge in [-0.15, -0.1) is 0 Å². The standard InChI is InChI=1S/C26H25FN4O3/c1-31(2)15-16-3-8-20(9-4-16)29-25(17-5-10-19(11-6-17)28-14-23(32)33)24-21-12-7-18(27)13-22(21)30-26(24)34/h3-13,28-29H,14-15H2,1-2H3,(H,30,34)(H,32,33). The first-order chi connectivity index (χ1) is 16.3. The van der Waals surface area contributed by atoms with Crippen molar-refractivity contribution in [2.24, 2.45) is 0 Å². The largest absolute Gasteiger partial charge is 0.480 e. The van der Waals surface area contributed by atoms with Crippen LogP contribution >= 0.6 is 0 Å².